The Balaban J connectivity index is 0.00000180. The van der Waals surface area contributed by atoms with Gasteiger partial charge in [0, 0.05) is 5.25 Å². The SMILES string of the molecule is CC(C)SC1=C(C(=O)[O-])N2C(=O)[C@H](C(C)O)[C@H]2S1.[Na+]. The first-order chi connectivity index (χ1) is 8.34. The van der Waals surface area contributed by atoms with Gasteiger partial charge in [-0.25, -0.2) is 0 Å². The number of aliphatic hydroxyl groups excluding tert-OH is 1. The van der Waals surface area contributed by atoms with Gasteiger partial charge in [0.05, 0.1) is 27.9 Å². The van der Waals surface area contributed by atoms with Crippen LogP contribution in [0, 0.1) is 5.92 Å². The molecule has 2 aliphatic heterocycles. The first-order valence-electron chi connectivity index (χ1n) is 5.64. The zero-order chi connectivity index (χ0) is 13.6. The average Bonchev–Trinajstić information content (AvgIpc) is 2.51. The Morgan fingerprint density at radius 2 is 2.05 bits per heavy atom. The summed E-state index contributed by atoms with van der Waals surface area (Å²) in [5, 5.41) is 20.6. The van der Waals surface area contributed by atoms with Gasteiger partial charge < -0.3 is 15.0 Å². The summed E-state index contributed by atoms with van der Waals surface area (Å²) in [6.45, 7) is 5.45. The molecule has 0 bridgehead atoms. The topological polar surface area (TPSA) is 80.7 Å². The largest absolute Gasteiger partial charge is 1.00 e. The van der Waals surface area contributed by atoms with E-state index in [4.69, 9.17) is 0 Å². The maximum absolute atomic E-state index is 11.8. The van der Waals surface area contributed by atoms with Crippen LogP contribution in [0.2, 0.25) is 0 Å². The van der Waals surface area contributed by atoms with Crippen molar-refractivity contribution >= 4 is 35.4 Å². The van der Waals surface area contributed by atoms with Crippen LogP contribution < -0.4 is 34.7 Å². The number of amides is 1. The Labute approximate surface area is 142 Å². The van der Waals surface area contributed by atoms with Gasteiger partial charge in [0.2, 0.25) is 5.91 Å². The molecule has 3 atom stereocenters. The number of carboxylic acids is 1. The van der Waals surface area contributed by atoms with Crippen molar-refractivity contribution in [1.82, 2.24) is 4.90 Å². The number of hydrogen-bond donors (Lipinski definition) is 1. The summed E-state index contributed by atoms with van der Waals surface area (Å²) >= 11 is 2.74. The average molecular weight is 311 g/mol. The predicted molar refractivity (Wildman–Crippen MR) is 68.2 cm³/mol. The second-order valence-corrected chi connectivity index (χ2v) is 7.55. The number of carboxylic acid groups (broad SMARTS) is 1. The van der Waals surface area contributed by atoms with Crippen LogP contribution >= 0.6 is 23.5 Å². The van der Waals surface area contributed by atoms with E-state index in [1.807, 2.05) is 13.8 Å². The van der Waals surface area contributed by atoms with Crippen molar-refractivity contribution in [2.45, 2.75) is 37.5 Å². The minimum Gasteiger partial charge on any atom is -0.543 e. The van der Waals surface area contributed by atoms with Crippen LogP contribution in [-0.4, -0.2) is 38.6 Å². The number of carbonyl (C=O) groups excluding carboxylic acids is 2. The minimum atomic E-state index is -1.33. The Morgan fingerprint density at radius 3 is 2.47 bits per heavy atom. The summed E-state index contributed by atoms with van der Waals surface area (Å²) < 4.78 is 0.603. The van der Waals surface area contributed by atoms with E-state index in [0.29, 0.717) is 4.24 Å². The molecule has 2 heterocycles. The maximum atomic E-state index is 11.8. The van der Waals surface area contributed by atoms with Crippen molar-refractivity contribution in [3.8, 4) is 0 Å². The summed E-state index contributed by atoms with van der Waals surface area (Å²) in [7, 11) is 0. The van der Waals surface area contributed by atoms with E-state index in [1.54, 1.807) is 6.92 Å². The molecule has 0 aromatic rings. The van der Waals surface area contributed by atoms with Crippen LogP contribution in [0.1, 0.15) is 20.8 Å². The molecular weight excluding hydrogens is 297 g/mol. The molecule has 1 unspecified atom stereocenters. The van der Waals surface area contributed by atoms with Gasteiger partial charge in [0.15, 0.2) is 0 Å². The fourth-order valence-corrected chi connectivity index (χ4v) is 5.17. The van der Waals surface area contributed by atoms with E-state index in [1.165, 1.54) is 28.4 Å². The van der Waals surface area contributed by atoms with Crippen LogP contribution in [0.3, 0.4) is 0 Å². The van der Waals surface area contributed by atoms with E-state index in [2.05, 4.69) is 0 Å². The molecule has 0 aliphatic carbocycles. The molecule has 1 saturated heterocycles. The van der Waals surface area contributed by atoms with Crippen molar-refractivity contribution in [3.05, 3.63) is 9.93 Å². The zero-order valence-electron chi connectivity index (χ0n) is 11.2. The number of rotatable bonds is 4. The van der Waals surface area contributed by atoms with Crippen LogP contribution in [-0.2, 0) is 9.59 Å². The van der Waals surface area contributed by atoms with Crippen molar-refractivity contribution in [2.75, 3.05) is 0 Å². The normalized spacial score (nSPS) is 27.0. The molecule has 0 aromatic carbocycles. The first kappa shape index (κ1) is 17.4. The van der Waals surface area contributed by atoms with E-state index < -0.39 is 18.0 Å². The van der Waals surface area contributed by atoms with Crippen LogP contribution in [0.25, 0.3) is 0 Å². The molecule has 5 nitrogen and oxygen atoms in total. The number of hydrogen-bond acceptors (Lipinski definition) is 6. The Morgan fingerprint density at radius 1 is 1.47 bits per heavy atom. The van der Waals surface area contributed by atoms with Crippen molar-refractivity contribution in [1.29, 1.82) is 0 Å². The number of nitrogens with zero attached hydrogens (tertiary/aromatic N) is 1. The molecule has 8 heteroatoms. The monoisotopic (exact) mass is 311 g/mol. The number of fused-ring (bicyclic) bond motifs is 1. The Bertz CT molecular complexity index is 438. The molecule has 0 saturated carbocycles. The molecule has 2 aliphatic rings. The van der Waals surface area contributed by atoms with Gasteiger partial charge in [-0.2, -0.15) is 0 Å². The maximum Gasteiger partial charge on any atom is 1.00 e. The summed E-state index contributed by atoms with van der Waals surface area (Å²) in [5.74, 6) is -2.18. The van der Waals surface area contributed by atoms with E-state index >= 15 is 0 Å². The van der Waals surface area contributed by atoms with E-state index in [0.717, 1.165) is 0 Å². The third-order valence-electron chi connectivity index (χ3n) is 2.80. The molecule has 1 fully saturated rings. The second kappa shape index (κ2) is 6.41. The fraction of sp³-hybridized carbons (Fsp3) is 0.636. The molecule has 0 spiro atoms. The quantitative estimate of drug-likeness (QED) is 0.439. The molecule has 100 valence electrons. The number of β-lactam (4-membered cyclic amide) rings is 1. The van der Waals surface area contributed by atoms with Crippen molar-refractivity contribution in [2.24, 2.45) is 5.92 Å². The van der Waals surface area contributed by atoms with Gasteiger partial charge in [-0.15, -0.1) is 11.8 Å². The van der Waals surface area contributed by atoms with Gasteiger partial charge >= 0.3 is 29.6 Å². The summed E-state index contributed by atoms with van der Waals surface area (Å²) in [6.07, 6.45) is -0.766. The van der Waals surface area contributed by atoms with Crippen molar-refractivity contribution < 1.29 is 49.4 Å². The van der Waals surface area contributed by atoms with Crippen LogP contribution in [0.4, 0.5) is 0 Å². The number of carbonyl (C=O) groups is 2. The van der Waals surface area contributed by atoms with Gasteiger partial charge in [-0.05, 0) is 6.92 Å². The first-order valence-corrected chi connectivity index (χ1v) is 7.40. The molecule has 19 heavy (non-hydrogen) atoms. The molecule has 2 rings (SSSR count). The van der Waals surface area contributed by atoms with Gasteiger partial charge in [-0.1, -0.05) is 25.6 Å². The second-order valence-electron chi connectivity index (χ2n) is 4.57. The number of aliphatic hydroxyl groups is 1. The molecule has 0 radical (unpaired) electrons. The standard InChI is InChI=1S/C11H15NO4S2.Na/c1-4(2)17-11-7(10(15)16)12-8(14)6(5(3)13)9(12)18-11;/h4-6,9,13H,1-3H3,(H,15,16);/q;+1/p-1/t5?,6-,9+;/m0./s1. The molecule has 1 N–H and O–H groups in total. The Hall–Kier alpha value is 0.340. The number of aliphatic carboxylic acids is 1. The fourth-order valence-electron chi connectivity index (χ4n) is 2.04. The van der Waals surface area contributed by atoms with Gasteiger partial charge in [-0.3, -0.25) is 9.69 Å². The van der Waals surface area contributed by atoms with Gasteiger partial charge in [0.1, 0.15) is 5.37 Å². The number of thioether (sulfide) groups is 2. The van der Waals surface area contributed by atoms with Crippen molar-refractivity contribution in [3.63, 3.8) is 0 Å². The van der Waals surface area contributed by atoms with Gasteiger partial charge in [0.25, 0.3) is 0 Å². The van der Waals surface area contributed by atoms with Crippen LogP contribution in [0.5, 0.6) is 0 Å². The zero-order valence-corrected chi connectivity index (χ0v) is 14.9. The van der Waals surface area contributed by atoms with E-state index in [9.17, 15) is 19.8 Å². The third kappa shape index (κ3) is 3.01. The molecular formula is C11H14NNaO4S2. The predicted octanol–water partition coefficient (Wildman–Crippen LogP) is -3.04. The molecule has 1 amide bonds. The van der Waals surface area contributed by atoms with Crippen LogP contribution in [0.15, 0.2) is 9.93 Å². The Kier molecular flexibility index (Phi) is 5.86. The smallest absolute Gasteiger partial charge is 0.543 e. The molecule has 0 aromatic heterocycles. The third-order valence-corrected chi connectivity index (χ3v) is 5.41. The summed E-state index contributed by atoms with van der Waals surface area (Å²) in [5.41, 5.74) is -0.0365. The van der Waals surface area contributed by atoms with E-state index in [-0.39, 0.29) is 51.8 Å². The summed E-state index contributed by atoms with van der Waals surface area (Å²) in [6, 6.07) is 0. The summed E-state index contributed by atoms with van der Waals surface area (Å²) in [4.78, 5) is 24.2. The minimum absolute atomic E-state index is 0.